The molecule has 0 atom stereocenters. The number of pyridine rings is 1. The molecule has 0 aliphatic rings. The molecule has 0 radical (unpaired) electrons. The molecular weight excluding hydrogens is 338 g/mol. The molecule has 0 unspecified atom stereocenters. The van der Waals surface area contributed by atoms with Crippen molar-refractivity contribution in [3.63, 3.8) is 0 Å². The highest BCUT2D eigenvalue weighted by Crippen LogP contribution is 2.31. The zero-order chi connectivity index (χ0) is 18.0. The number of rotatable bonds is 7. The Morgan fingerprint density at radius 2 is 2.12 bits per heavy atom. The molecule has 8 nitrogen and oxygen atoms in total. The molecular formula is C16H21N5O3Si. The van der Waals surface area contributed by atoms with Crippen LogP contribution in [0.15, 0.2) is 36.8 Å². The van der Waals surface area contributed by atoms with Crippen LogP contribution < -0.4 is 0 Å². The van der Waals surface area contributed by atoms with E-state index in [2.05, 4.69) is 29.8 Å². The van der Waals surface area contributed by atoms with Gasteiger partial charge >= 0.3 is 5.69 Å². The van der Waals surface area contributed by atoms with Crippen molar-refractivity contribution in [2.75, 3.05) is 6.61 Å². The van der Waals surface area contributed by atoms with Crippen LogP contribution in [0.1, 0.15) is 0 Å². The highest BCUT2D eigenvalue weighted by atomic mass is 28.3. The van der Waals surface area contributed by atoms with E-state index in [1.165, 1.54) is 10.9 Å². The number of ether oxygens (including phenoxy) is 1. The van der Waals surface area contributed by atoms with Gasteiger partial charge in [0.05, 0.1) is 22.2 Å². The molecule has 0 saturated heterocycles. The Labute approximate surface area is 146 Å². The van der Waals surface area contributed by atoms with Gasteiger partial charge in [-0.05, 0) is 18.2 Å². The Morgan fingerprint density at radius 3 is 2.84 bits per heavy atom. The summed E-state index contributed by atoms with van der Waals surface area (Å²) in [6.07, 6.45) is 4.80. The standard InChI is InChI=1S/C16H21N5O3Si/c1-25(2,3)9-8-24-12-19-11-15(21(22)23)16(18-19)13-10-17-20-7-5-4-6-14(13)20/h4-7,10-11H,8-9,12H2,1-3H3. The normalized spacial score (nSPS) is 12.0. The van der Waals surface area contributed by atoms with E-state index in [-0.39, 0.29) is 12.4 Å². The summed E-state index contributed by atoms with van der Waals surface area (Å²) in [7, 11) is -1.17. The molecule has 0 saturated carbocycles. The van der Waals surface area contributed by atoms with Gasteiger partial charge in [0.1, 0.15) is 12.9 Å². The average Bonchev–Trinajstić information content (AvgIpc) is 3.14. The number of nitro groups is 1. The first-order valence-corrected chi connectivity index (χ1v) is 11.8. The monoisotopic (exact) mass is 359 g/mol. The van der Waals surface area contributed by atoms with E-state index in [1.807, 2.05) is 18.2 Å². The molecule has 3 aromatic rings. The van der Waals surface area contributed by atoms with Gasteiger partial charge in [0.25, 0.3) is 0 Å². The number of hydrogen-bond acceptors (Lipinski definition) is 5. The third-order valence-corrected chi connectivity index (χ3v) is 5.54. The second-order valence-electron chi connectivity index (χ2n) is 7.10. The van der Waals surface area contributed by atoms with Crippen LogP contribution in [-0.4, -0.2) is 39.0 Å². The van der Waals surface area contributed by atoms with Crippen LogP contribution in [0.4, 0.5) is 5.69 Å². The largest absolute Gasteiger partial charge is 0.360 e. The van der Waals surface area contributed by atoms with Gasteiger partial charge < -0.3 is 4.74 Å². The maximum absolute atomic E-state index is 11.4. The fourth-order valence-corrected chi connectivity index (χ4v) is 3.21. The summed E-state index contributed by atoms with van der Waals surface area (Å²) in [6, 6.07) is 6.61. The molecule has 0 N–H and O–H groups in total. The van der Waals surface area contributed by atoms with Crippen molar-refractivity contribution in [2.24, 2.45) is 0 Å². The Balaban J connectivity index is 1.84. The van der Waals surface area contributed by atoms with Crippen molar-refractivity contribution >= 4 is 19.3 Å². The van der Waals surface area contributed by atoms with Crippen LogP contribution in [0.2, 0.25) is 25.7 Å². The maximum Gasteiger partial charge on any atom is 0.315 e. The number of nitrogens with zero attached hydrogens (tertiary/aromatic N) is 5. The van der Waals surface area contributed by atoms with E-state index in [9.17, 15) is 10.1 Å². The minimum absolute atomic E-state index is 0.0486. The molecule has 0 bridgehead atoms. The van der Waals surface area contributed by atoms with Gasteiger partial charge in [-0.15, -0.1) is 0 Å². The maximum atomic E-state index is 11.4. The SMILES string of the molecule is C[Si](C)(C)CCOCn1cc([N+](=O)[O-])c(-c2cnn3ccccc23)n1. The molecule has 0 aromatic carbocycles. The van der Waals surface area contributed by atoms with Crippen LogP contribution in [0.3, 0.4) is 0 Å². The lowest BCUT2D eigenvalue weighted by molar-refractivity contribution is -0.384. The zero-order valence-electron chi connectivity index (χ0n) is 14.5. The minimum Gasteiger partial charge on any atom is -0.360 e. The Bertz CT molecular complexity index is 897. The third-order valence-electron chi connectivity index (χ3n) is 3.84. The lowest BCUT2D eigenvalue weighted by Gasteiger charge is -2.15. The van der Waals surface area contributed by atoms with Gasteiger partial charge in [0, 0.05) is 20.9 Å². The summed E-state index contributed by atoms with van der Waals surface area (Å²) in [5.41, 5.74) is 1.66. The Morgan fingerprint density at radius 1 is 1.32 bits per heavy atom. The first-order valence-electron chi connectivity index (χ1n) is 8.07. The first kappa shape index (κ1) is 17.3. The van der Waals surface area contributed by atoms with Crippen molar-refractivity contribution in [1.82, 2.24) is 19.4 Å². The fourth-order valence-electron chi connectivity index (χ4n) is 2.46. The van der Waals surface area contributed by atoms with Gasteiger partial charge in [-0.2, -0.15) is 10.2 Å². The van der Waals surface area contributed by atoms with Crippen LogP contribution in [-0.2, 0) is 11.5 Å². The van der Waals surface area contributed by atoms with Gasteiger partial charge in [-0.25, -0.2) is 9.20 Å². The van der Waals surface area contributed by atoms with E-state index >= 15 is 0 Å². The number of hydrogen-bond donors (Lipinski definition) is 0. The molecule has 0 aliphatic carbocycles. The van der Waals surface area contributed by atoms with Crippen molar-refractivity contribution in [1.29, 1.82) is 0 Å². The molecule has 132 valence electrons. The molecule has 0 amide bonds. The van der Waals surface area contributed by atoms with Crippen molar-refractivity contribution in [2.45, 2.75) is 32.4 Å². The third kappa shape index (κ3) is 3.94. The molecule has 3 heterocycles. The molecule has 0 spiro atoms. The van der Waals surface area contributed by atoms with Gasteiger partial charge in [0.2, 0.25) is 0 Å². The van der Waals surface area contributed by atoms with Gasteiger partial charge in [0.15, 0.2) is 5.69 Å². The Hall–Kier alpha value is -2.52. The van der Waals surface area contributed by atoms with E-state index in [1.54, 1.807) is 16.9 Å². The second-order valence-corrected chi connectivity index (χ2v) is 12.7. The van der Waals surface area contributed by atoms with Crippen molar-refractivity contribution < 1.29 is 9.66 Å². The van der Waals surface area contributed by atoms with Crippen LogP contribution >= 0.6 is 0 Å². The van der Waals surface area contributed by atoms with Crippen LogP contribution in [0.25, 0.3) is 16.8 Å². The molecule has 3 aromatic heterocycles. The number of fused-ring (bicyclic) bond motifs is 1. The summed E-state index contributed by atoms with van der Waals surface area (Å²) in [6.45, 7) is 7.66. The lowest BCUT2D eigenvalue weighted by Crippen LogP contribution is -2.22. The zero-order valence-corrected chi connectivity index (χ0v) is 15.5. The second kappa shape index (κ2) is 6.77. The van der Waals surface area contributed by atoms with Gasteiger partial charge in [-0.1, -0.05) is 25.7 Å². The van der Waals surface area contributed by atoms with E-state index in [0.29, 0.717) is 17.9 Å². The molecule has 0 fully saturated rings. The highest BCUT2D eigenvalue weighted by Gasteiger charge is 2.23. The van der Waals surface area contributed by atoms with E-state index in [4.69, 9.17) is 4.74 Å². The van der Waals surface area contributed by atoms with E-state index < -0.39 is 13.0 Å². The summed E-state index contributed by atoms with van der Waals surface area (Å²) >= 11 is 0. The Kier molecular flexibility index (Phi) is 4.68. The molecule has 25 heavy (non-hydrogen) atoms. The van der Waals surface area contributed by atoms with Crippen molar-refractivity contribution in [3.05, 3.63) is 46.9 Å². The van der Waals surface area contributed by atoms with Gasteiger partial charge in [-0.3, -0.25) is 10.1 Å². The summed E-state index contributed by atoms with van der Waals surface area (Å²) in [4.78, 5) is 11.0. The predicted octanol–water partition coefficient (Wildman–Crippen LogP) is 3.42. The summed E-state index contributed by atoms with van der Waals surface area (Å²) < 4.78 is 8.79. The summed E-state index contributed by atoms with van der Waals surface area (Å²) in [5, 5.41) is 20.0. The molecule has 9 heteroatoms. The quantitative estimate of drug-likeness (QED) is 0.279. The highest BCUT2D eigenvalue weighted by molar-refractivity contribution is 6.76. The topological polar surface area (TPSA) is 87.5 Å². The smallest absolute Gasteiger partial charge is 0.315 e. The van der Waals surface area contributed by atoms with Crippen LogP contribution in [0, 0.1) is 10.1 Å². The molecule has 0 aliphatic heterocycles. The number of aromatic nitrogens is 4. The lowest BCUT2D eigenvalue weighted by atomic mass is 10.2. The van der Waals surface area contributed by atoms with Crippen LogP contribution in [0.5, 0.6) is 0 Å². The first-order chi connectivity index (χ1) is 11.8. The molecule has 3 rings (SSSR count). The summed E-state index contributed by atoms with van der Waals surface area (Å²) in [5.74, 6) is 0. The van der Waals surface area contributed by atoms with E-state index in [0.717, 1.165) is 11.6 Å². The average molecular weight is 359 g/mol. The fraction of sp³-hybridized carbons (Fsp3) is 0.375. The van der Waals surface area contributed by atoms with Crippen molar-refractivity contribution in [3.8, 4) is 11.3 Å². The minimum atomic E-state index is -1.17. The predicted molar refractivity (Wildman–Crippen MR) is 97.2 cm³/mol.